The highest BCUT2D eigenvalue weighted by molar-refractivity contribution is 7.99. The summed E-state index contributed by atoms with van der Waals surface area (Å²) < 4.78 is 0. The Bertz CT molecular complexity index is 217. The van der Waals surface area contributed by atoms with Crippen LogP contribution in [0, 0.1) is 6.42 Å². The fourth-order valence-electron chi connectivity index (χ4n) is 1.32. The fraction of sp³-hybridized carbons (Fsp3) is 0.300. The number of benzene rings is 1. The summed E-state index contributed by atoms with van der Waals surface area (Å²) in [6.07, 6.45) is 4.78. The standard InChI is InChI=1S/C10H11S/c1-2-7-10-9(5-1)6-3-4-8-11-10/h1-3,5,7H,4,6,8H2. The molecule has 1 aromatic carbocycles. The normalized spacial score (nSPS) is 17.1. The van der Waals surface area contributed by atoms with Crippen LogP contribution in [-0.2, 0) is 6.42 Å². The summed E-state index contributed by atoms with van der Waals surface area (Å²) >= 11 is 1.98. The van der Waals surface area contributed by atoms with Crippen molar-refractivity contribution in [2.45, 2.75) is 17.7 Å². The lowest BCUT2D eigenvalue weighted by molar-refractivity contribution is 1.01. The second kappa shape index (κ2) is 3.31. The van der Waals surface area contributed by atoms with Gasteiger partial charge < -0.3 is 0 Å². The highest BCUT2D eigenvalue weighted by Crippen LogP contribution is 2.27. The van der Waals surface area contributed by atoms with Gasteiger partial charge in [0, 0.05) is 4.90 Å². The van der Waals surface area contributed by atoms with E-state index in [1.807, 2.05) is 11.8 Å². The highest BCUT2D eigenvalue weighted by atomic mass is 32.2. The van der Waals surface area contributed by atoms with E-state index < -0.39 is 0 Å². The number of hydrogen-bond donors (Lipinski definition) is 0. The lowest BCUT2D eigenvalue weighted by atomic mass is 10.1. The quantitative estimate of drug-likeness (QED) is 0.566. The minimum Gasteiger partial charge on any atom is -0.126 e. The van der Waals surface area contributed by atoms with Crippen molar-refractivity contribution in [2.75, 3.05) is 5.75 Å². The minimum absolute atomic E-state index is 1.16. The van der Waals surface area contributed by atoms with E-state index in [0.29, 0.717) is 0 Å². The second-order valence-electron chi connectivity index (χ2n) is 2.74. The smallest absolute Gasteiger partial charge is 0.0104 e. The Labute approximate surface area is 72.0 Å². The molecule has 11 heavy (non-hydrogen) atoms. The molecule has 0 spiro atoms. The zero-order chi connectivity index (χ0) is 7.52. The molecule has 0 aliphatic carbocycles. The van der Waals surface area contributed by atoms with Crippen molar-refractivity contribution in [2.24, 2.45) is 0 Å². The van der Waals surface area contributed by atoms with E-state index in [-0.39, 0.29) is 0 Å². The molecular formula is C10H11S. The number of hydrogen-bond acceptors (Lipinski definition) is 1. The van der Waals surface area contributed by atoms with E-state index in [4.69, 9.17) is 0 Å². The minimum atomic E-state index is 1.16. The average Bonchev–Trinajstić information content (AvgIpc) is 2.28. The third kappa shape index (κ3) is 1.59. The van der Waals surface area contributed by atoms with Crippen molar-refractivity contribution in [3.63, 3.8) is 0 Å². The van der Waals surface area contributed by atoms with Crippen LogP contribution in [0.15, 0.2) is 29.2 Å². The second-order valence-corrected chi connectivity index (χ2v) is 3.87. The largest absolute Gasteiger partial charge is 0.126 e. The zero-order valence-corrected chi connectivity index (χ0v) is 7.23. The van der Waals surface area contributed by atoms with Crippen LogP contribution < -0.4 is 0 Å². The Morgan fingerprint density at radius 1 is 1.18 bits per heavy atom. The monoisotopic (exact) mass is 163 g/mol. The Kier molecular flexibility index (Phi) is 2.18. The SMILES string of the molecule is [CH]1CCSc2ccccc2C1. The maximum atomic E-state index is 2.37. The van der Waals surface area contributed by atoms with E-state index in [9.17, 15) is 0 Å². The Morgan fingerprint density at radius 3 is 3.09 bits per heavy atom. The molecule has 0 saturated carbocycles. The molecule has 0 saturated heterocycles. The summed E-state index contributed by atoms with van der Waals surface area (Å²) in [5.41, 5.74) is 1.50. The number of fused-ring (bicyclic) bond motifs is 1. The van der Waals surface area contributed by atoms with Gasteiger partial charge in [0.25, 0.3) is 0 Å². The Balaban J connectivity index is 2.33. The lowest BCUT2D eigenvalue weighted by Crippen LogP contribution is -1.84. The van der Waals surface area contributed by atoms with Crippen molar-refractivity contribution in [1.29, 1.82) is 0 Å². The van der Waals surface area contributed by atoms with Crippen LogP contribution in [0.2, 0.25) is 0 Å². The van der Waals surface area contributed by atoms with Gasteiger partial charge in [-0.3, -0.25) is 0 Å². The predicted octanol–water partition coefficient (Wildman–Crippen LogP) is 2.93. The third-order valence-electron chi connectivity index (χ3n) is 1.92. The van der Waals surface area contributed by atoms with Crippen molar-refractivity contribution in [3.8, 4) is 0 Å². The summed E-state index contributed by atoms with van der Waals surface area (Å²) in [6.45, 7) is 0. The van der Waals surface area contributed by atoms with Crippen LogP contribution in [0.4, 0.5) is 0 Å². The van der Waals surface area contributed by atoms with Gasteiger partial charge in [0.05, 0.1) is 0 Å². The first-order valence-corrected chi connectivity index (χ1v) is 4.98. The van der Waals surface area contributed by atoms with E-state index in [0.717, 1.165) is 6.42 Å². The Hall–Kier alpha value is -0.430. The molecule has 0 nitrogen and oxygen atoms in total. The van der Waals surface area contributed by atoms with Gasteiger partial charge in [-0.05, 0) is 36.6 Å². The van der Waals surface area contributed by atoms with Crippen molar-refractivity contribution in [3.05, 3.63) is 36.2 Å². The first kappa shape index (κ1) is 7.23. The van der Waals surface area contributed by atoms with Gasteiger partial charge in [0.1, 0.15) is 0 Å². The molecule has 1 aliphatic rings. The van der Waals surface area contributed by atoms with E-state index in [2.05, 4.69) is 30.7 Å². The van der Waals surface area contributed by atoms with Crippen LogP contribution in [0.3, 0.4) is 0 Å². The molecule has 0 unspecified atom stereocenters. The number of thioether (sulfide) groups is 1. The van der Waals surface area contributed by atoms with Crippen LogP contribution in [0.5, 0.6) is 0 Å². The van der Waals surface area contributed by atoms with Crippen molar-refractivity contribution in [1.82, 2.24) is 0 Å². The molecule has 0 bridgehead atoms. The maximum absolute atomic E-state index is 2.37. The summed E-state index contributed by atoms with van der Waals surface area (Å²) in [5, 5.41) is 0. The van der Waals surface area contributed by atoms with Crippen molar-refractivity contribution < 1.29 is 0 Å². The van der Waals surface area contributed by atoms with Gasteiger partial charge in [-0.2, -0.15) is 0 Å². The van der Waals surface area contributed by atoms with Crippen LogP contribution in [-0.4, -0.2) is 5.75 Å². The van der Waals surface area contributed by atoms with Gasteiger partial charge in [0.2, 0.25) is 0 Å². The fourth-order valence-corrected chi connectivity index (χ4v) is 2.34. The molecule has 0 N–H and O–H groups in total. The van der Waals surface area contributed by atoms with Crippen LogP contribution in [0.1, 0.15) is 12.0 Å². The molecule has 1 heterocycles. The van der Waals surface area contributed by atoms with Gasteiger partial charge in [0.15, 0.2) is 0 Å². The highest BCUT2D eigenvalue weighted by Gasteiger charge is 2.05. The lowest BCUT2D eigenvalue weighted by Gasteiger charge is -2.01. The first-order chi connectivity index (χ1) is 5.47. The molecule has 0 aromatic heterocycles. The van der Waals surface area contributed by atoms with Gasteiger partial charge in [-0.15, -0.1) is 11.8 Å². The molecule has 0 fully saturated rings. The molecule has 57 valence electrons. The van der Waals surface area contributed by atoms with Gasteiger partial charge >= 0.3 is 0 Å². The molecule has 1 heteroatoms. The molecule has 1 aliphatic heterocycles. The summed E-state index contributed by atoms with van der Waals surface area (Å²) in [4.78, 5) is 1.47. The molecular weight excluding hydrogens is 152 g/mol. The van der Waals surface area contributed by atoms with Crippen molar-refractivity contribution >= 4 is 11.8 Å². The summed E-state index contributed by atoms with van der Waals surface area (Å²) in [5.74, 6) is 1.25. The van der Waals surface area contributed by atoms with Crippen LogP contribution in [0.25, 0.3) is 0 Å². The molecule has 2 rings (SSSR count). The predicted molar refractivity (Wildman–Crippen MR) is 49.8 cm³/mol. The molecule has 1 aromatic rings. The average molecular weight is 163 g/mol. The summed E-state index contributed by atoms with van der Waals surface area (Å²) in [6, 6.07) is 8.69. The number of rotatable bonds is 0. The molecule has 0 amide bonds. The molecule has 0 atom stereocenters. The first-order valence-electron chi connectivity index (χ1n) is 3.99. The maximum Gasteiger partial charge on any atom is 0.0104 e. The topological polar surface area (TPSA) is 0 Å². The van der Waals surface area contributed by atoms with Gasteiger partial charge in [-0.25, -0.2) is 0 Å². The Morgan fingerprint density at radius 2 is 2.09 bits per heavy atom. The zero-order valence-electron chi connectivity index (χ0n) is 6.42. The van der Waals surface area contributed by atoms with Crippen LogP contribution >= 0.6 is 11.8 Å². The summed E-state index contributed by atoms with van der Waals surface area (Å²) in [7, 11) is 0. The van der Waals surface area contributed by atoms with Gasteiger partial charge in [-0.1, -0.05) is 18.2 Å². The molecule has 1 radical (unpaired) electrons. The van der Waals surface area contributed by atoms with E-state index in [1.54, 1.807) is 0 Å². The van der Waals surface area contributed by atoms with E-state index in [1.165, 1.54) is 22.6 Å². The van der Waals surface area contributed by atoms with E-state index >= 15 is 0 Å². The third-order valence-corrected chi connectivity index (χ3v) is 3.07.